The van der Waals surface area contributed by atoms with Gasteiger partial charge in [0.1, 0.15) is 0 Å². The summed E-state index contributed by atoms with van der Waals surface area (Å²) >= 11 is 0. The Bertz CT molecular complexity index is 245. The average Bonchev–Trinajstić information content (AvgIpc) is 2.39. The van der Waals surface area contributed by atoms with E-state index in [1.807, 2.05) is 0 Å². The molecule has 0 spiro atoms. The van der Waals surface area contributed by atoms with Gasteiger partial charge >= 0.3 is 0 Å². The Labute approximate surface area is 111 Å². The lowest BCUT2D eigenvalue weighted by Gasteiger charge is -2.43. The Hall–Kier alpha value is -0.160. The normalized spacial score (nSPS) is 28.2. The monoisotopic (exact) mass is 255 g/mol. The second-order valence-electron chi connectivity index (χ2n) is 6.04. The van der Waals surface area contributed by atoms with E-state index in [1.165, 1.54) is 32.6 Å². The van der Waals surface area contributed by atoms with E-state index in [4.69, 9.17) is 10.5 Å². The van der Waals surface area contributed by atoms with Crippen molar-refractivity contribution < 1.29 is 4.74 Å². The van der Waals surface area contributed by atoms with Crippen molar-refractivity contribution in [1.82, 2.24) is 9.80 Å². The molecule has 0 saturated carbocycles. The second kappa shape index (κ2) is 6.33. The van der Waals surface area contributed by atoms with Crippen LogP contribution < -0.4 is 5.73 Å². The molecule has 2 heterocycles. The number of hydrogen-bond acceptors (Lipinski definition) is 4. The topological polar surface area (TPSA) is 41.7 Å². The fourth-order valence-corrected chi connectivity index (χ4v) is 3.00. The summed E-state index contributed by atoms with van der Waals surface area (Å²) in [4.78, 5) is 5.15. The maximum Gasteiger partial charge on any atom is 0.0484 e. The quantitative estimate of drug-likeness (QED) is 0.811. The Morgan fingerprint density at radius 2 is 1.78 bits per heavy atom. The summed E-state index contributed by atoms with van der Waals surface area (Å²) in [5.74, 6) is 0. The van der Waals surface area contributed by atoms with Gasteiger partial charge in [-0.25, -0.2) is 0 Å². The van der Waals surface area contributed by atoms with Crippen LogP contribution in [0, 0.1) is 0 Å². The molecule has 0 bridgehead atoms. The zero-order valence-electron chi connectivity index (χ0n) is 12.0. The minimum atomic E-state index is -0.00318. The fraction of sp³-hybridized carbons (Fsp3) is 1.00. The number of ether oxygens (including phenoxy) is 1. The van der Waals surface area contributed by atoms with Crippen LogP contribution in [0.1, 0.15) is 33.1 Å². The van der Waals surface area contributed by atoms with Gasteiger partial charge in [-0.2, -0.15) is 0 Å². The van der Waals surface area contributed by atoms with Gasteiger partial charge in [0, 0.05) is 57.5 Å². The Kier molecular flexibility index (Phi) is 5.01. The van der Waals surface area contributed by atoms with Crippen LogP contribution in [0.4, 0.5) is 0 Å². The van der Waals surface area contributed by atoms with E-state index >= 15 is 0 Å². The van der Waals surface area contributed by atoms with Gasteiger partial charge in [-0.05, 0) is 26.2 Å². The van der Waals surface area contributed by atoms with Gasteiger partial charge in [0.25, 0.3) is 0 Å². The Balaban J connectivity index is 1.76. The molecule has 1 atom stereocenters. The lowest BCUT2D eigenvalue weighted by molar-refractivity contribution is 0.0241. The van der Waals surface area contributed by atoms with Crippen molar-refractivity contribution in [3.63, 3.8) is 0 Å². The predicted molar refractivity (Wildman–Crippen MR) is 74.7 cm³/mol. The van der Waals surface area contributed by atoms with Crippen LogP contribution in [-0.2, 0) is 4.74 Å². The van der Waals surface area contributed by atoms with Crippen LogP contribution in [0.25, 0.3) is 0 Å². The van der Waals surface area contributed by atoms with E-state index in [2.05, 4.69) is 23.6 Å². The molecule has 2 rings (SSSR count). The van der Waals surface area contributed by atoms with E-state index in [-0.39, 0.29) is 5.54 Å². The first-order chi connectivity index (χ1) is 8.63. The van der Waals surface area contributed by atoms with Crippen LogP contribution in [0.3, 0.4) is 0 Å². The van der Waals surface area contributed by atoms with Crippen molar-refractivity contribution in [3.8, 4) is 0 Å². The minimum absolute atomic E-state index is 0.00318. The number of nitrogens with zero attached hydrogens (tertiary/aromatic N) is 2. The third kappa shape index (κ3) is 3.67. The van der Waals surface area contributed by atoms with E-state index in [0.29, 0.717) is 0 Å². The molecule has 18 heavy (non-hydrogen) atoms. The summed E-state index contributed by atoms with van der Waals surface area (Å²) in [5, 5.41) is 0. The molecule has 2 aliphatic rings. The van der Waals surface area contributed by atoms with Gasteiger partial charge in [0.2, 0.25) is 0 Å². The highest BCUT2D eigenvalue weighted by Gasteiger charge is 2.31. The van der Waals surface area contributed by atoms with Crippen LogP contribution in [0.2, 0.25) is 0 Å². The second-order valence-corrected chi connectivity index (χ2v) is 6.04. The van der Waals surface area contributed by atoms with Gasteiger partial charge < -0.3 is 10.5 Å². The smallest absolute Gasteiger partial charge is 0.0484 e. The molecule has 2 saturated heterocycles. The molecule has 4 nitrogen and oxygen atoms in total. The highest BCUT2D eigenvalue weighted by atomic mass is 16.5. The molecule has 0 aromatic rings. The van der Waals surface area contributed by atoms with E-state index in [1.54, 1.807) is 0 Å². The molecule has 0 aliphatic carbocycles. The summed E-state index contributed by atoms with van der Waals surface area (Å²) in [7, 11) is 0. The maximum atomic E-state index is 6.48. The van der Waals surface area contributed by atoms with E-state index in [0.717, 1.165) is 38.6 Å². The highest BCUT2D eigenvalue weighted by molar-refractivity contribution is 4.91. The Morgan fingerprint density at radius 3 is 2.33 bits per heavy atom. The summed E-state index contributed by atoms with van der Waals surface area (Å²) in [6.07, 6.45) is 3.27. The first-order valence-electron chi connectivity index (χ1n) is 7.46. The molecular weight excluding hydrogens is 226 g/mol. The van der Waals surface area contributed by atoms with Gasteiger partial charge in [0.15, 0.2) is 0 Å². The SMILES string of the molecule is CCC(C)N1CCN(CC2(N)CCOCC2)CC1. The molecule has 106 valence electrons. The summed E-state index contributed by atoms with van der Waals surface area (Å²) < 4.78 is 5.41. The summed E-state index contributed by atoms with van der Waals surface area (Å²) in [6.45, 7) is 12.1. The summed E-state index contributed by atoms with van der Waals surface area (Å²) in [6, 6.07) is 0.724. The molecule has 0 amide bonds. The molecule has 2 N–H and O–H groups in total. The fourth-order valence-electron chi connectivity index (χ4n) is 3.00. The van der Waals surface area contributed by atoms with E-state index < -0.39 is 0 Å². The van der Waals surface area contributed by atoms with Gasteiger partial charge in [-0.3, -0.25) is 9.80 Å². The number of nitrogens with two attached hydrogens (primary N) is 1. The maximum absolute atomic E-state index is 6.48. The van der Waals surface area contributed by atoms with Crippen LogP contribution >= 0.6 is 0 Å². The molecule has 0 aromatic carbocycles. The standard InChI is InChI=1S/C14H29N3O/c1-3-13(2)17-8-6-16(7-9-17)12-14(15)4-10-18-11-5-14/h13H,3-12,15H2,1-2H3. The zero-order valence-corrected chi connectivity index (χ0v) is 12.0. The van der Waals surface area contributed by atoms with Gasteiger partial charge in [-0.15, -0.1) is 0 Å². The van der Waals surface area contributed by atoms with Crippen molar-refractivity contribution in [2.45, 2.75) is 44.7 Å². The molecule has 2 fully saturated rings. The average molecular weight is 255 g/mol. The molecule has 0 radical (unpaired) electrons. The molecule has 0 aromatic heterocycles. The number of hydrogen-bond donors (Lipinski definition) is 1. The first kappa shape index (κ1) is 14.3. The lowest BCUT2D eigenvalue weighted by atomic mass is 9.90. The molecule has 4 heteroatoms. The zero-order chi connectivity index (χ0) is 13.0. The lowest BCUT2D eigenvalue weighted by Crippen LogP contribution is -2.58. The number of rotatable bonds is 4. The molecule has 1 unspecified atom stereocenters. The number of piperazine rings is 1. The largest absolute Gasteiger partial charge is 0.381 e. The van der Waals surface area contributed by atoms with Crippen molar-refractivity contribution >= 4 is 0 Å². The van der Waals surface area contributed by atoms with Crippen LogP contribution in [0.5, 0.6) is 0 Å². The van der Waals surface area contributed by atoms with Crippen molar-refractivity contribution in [1.29, 1.82) is 0 Å². The van der Waals surface area contributed by atoms with Crippen LogP contribution in [-0.4, -0.2) is 67.3 Å². The highest BCUT2D eigenvalue weighted by Crippen LogP contribution is 2.20. The molecular formula is C14H29N3O. The Morgan fingerprint density at radius 1 is 1.17 bits per heavy atom. The first-order valence-corrected chi connectivity index (χ1v) is 7.46. The molecule has 2 aliphatic heterocycles. The third-order valence-corrected chi connectivity index (χ3v) is 4.65. The van der Waals surface area contributed by atoms with Gasteiger partial charge in [-0.1, -0.05) is 6.92 Å². The van der Waals surface area contributed by atoms with Gasteiger partial charge in [0.05, 0.1) is 0 Å². The van der Waals surface area contributed by atoms with Crippen LogP contribution in [0.15, 0.2) is 0 Å². The van der Waals surface area contributed by atoms with Crippen molar-refractivity contribution in [3.05, 3.63) is 0 Å². The minimum Gasteiger partial charge on any atom is -0.381 e. The predicted octanol–water partition coefficient (Wildman–Crippen LogP) is 0.910. The van der Waals surface area contributed by atoms with Crippen molar-refractivity contribution in [2.75, 3.05) is 45.9 Å². The van der Waals surface area contributed by atoms with Crippen molar-refractivity contribution in [2.24, 2.45) is 5.73 Å². The van der Waals surface area contributed by atoms with E-state index in [9.17, 15) is 0 Å². The third-order valence-electron chi connectivity index (χ3n) is 4.65. The summed E-state index contributed by atoms with van der Waals surface area (Å²) in [5.41, 5.74) is 6.47.